The molecular weight excluding hydrogens is 212 g/mol. The van der Waals surface area contributed by atoms with Gasteiger partial charge in [-0.15, -0.1) is 0 Å². The second kappa shape index (κ2) is 7.14. The van der Waals surface area contributed by atoms with Gasteiger partial charge in [0.05, 0.1) is 6.61 Å². The summed E-state index contributed by atoms with van der Waals surface area (Å²) < 4.78 is 5.36. The lowest BCUT2D eigenvalue weighted by atomic mass is 10.0. The monoisotopic (exact) mass is 238 g/mol. The van der Waals surface area contributed by atoms with Crippen molar-refractivity contribution in [3.05, 3.63) is 12.2 Å². The summed E-state index contributed by atoms with van der Waals surface area (Å²) in [5.41, 5.74) is 1.40. The molecule has 2 fully saturated rings. The maximum atomic E-state index is 5.36. The molecule has 0 aromatic rings. The Morgan fingerprint density at radius 1 is 1.41 bits per heavy atom. The van der Waals surface area contributed by atoms with Crippen LogP contribution in [0.3, 0.4) is 0 Å². The first-order valence-electron chi connectivity index (χ1n) is 7.06. The first-order valence-corrected chi connectivity index (χ1v) is 7.06. The van der Waals surface area contributed by atoms with Gasteiger partial charge in [0.2, 0.25) is 0 Å². The number of ether oxygens (including phenoxy) is 1. The molecule has 2 N–H and O–H groups in total. The second-order valence-corrected chi connectivity index (χ2v) is 5.34. The Hall–Kier alpha value is -0.380. The molecule has 2 atom stereocenters. The van der Waals surface area contributed by atoms with Crippen molar-refractivity contribution >= 4 is 0 Å². The predicted octanol–water partition coefficient (Wildman–Crippen LogP) is 1.70. The van der Waals surface area contributed by atoms with Crippen molar-refractivity contribution in [3.63, 3.8) is 0 Å². The highest BCUT2D eigenvalue weighted by Crippen LogP contribution is 2.16. The van der Waals surface area contributed by atoms with Crippen LogP contribution in [-0.4, -0.2) is 38.9 Å². The molecular formula is C14H26N2O. The summed E-state index contributed by atoms with van der Waals surface area (Å²) in [6, 6.07) is 0.596. The van der Waals surface area contributed by atoms with E-state index in [4.69, 9.17) is 4.74 Å². The van der Waals surface area contributed by atoms with Gasteiger partial charge in [-0.25, -0.2) is 0 Å². The third kappa shape index (κ3) is 4.41. The van der Waals surface area contributed by atoms with Crippen LogP contribution in [0.4, 0.5) is 0 Å². The van der Waals surface area contributed by atoms with E-state index in [1.807, 2.05) is 0 Å². The first-order chi connectivity index (χ1) is 8.36. The van der Waals surface area contributed by atoms with Crippen molar-refractivity contribution < 1.29 is 4.74 Å². The molecule has 2 rings (SSSR count). The molecule has 0 spiro atoms. The standard InChI is InChI=1S/C14H26N2O/c1-12(14-5-3-8-16-14)4-2-7-15-10-13-6-9-17-11-13/h13-16H,1-11H2/t13?,14-/m0/s1. The van der Waals surface area contributed by atoms with Crippen LogP contribution in [0.2, 0.25) is 0 Å². The fraction of sp³-hybridized carbons (Fsp3) is 0.857. The average Bonchev–Trinajstić information content (AvgIpc) is 3.01. The molecule has 0 aromatic heterocycles. The molecule has 17 heavy (non-hydrogen) atoms. The normalized spacial score (nSPS) is 28.7. The molecule has 2 aliphatic rings. The number of hydrogen-bond acceptors (Lipinski definition) is 3. The Bertz CT molecular complexity index is 230. The Kier molecular flexibility index (Phi) is 5.49. The fourth-order valence-electron chi connectivity index (χ4n) is 2.70. The average molecular weight is 238 g/mol. The minimum atomic E-state index is 0.596. The lowest BCUT2D eigenvalue weighted by Gasteiger charge is -2.14. The Morgan fingerprint density at radius 2 is 2.35 bits per heavy atom. The Morgan fingerprint density at radius 3 is 3.06 bits per heavy atom. The molecule has 0 aliphatic carbocycles. The summed E-state index contributed by atoms with van der Waals surface area (Å²) in [7, 11) is 0. The zero-order valence-electron chi connectivity index (χ0n) is 10.8. The third-order valence-electron chi connectivity index (χ3n) is 3.86. The molecule has 0 bridgehead atoms. The number of nitrogens with one attached hydrogen (secondary N) is 2. The molecule has 2 heterocycles. The first kappa shape index (κ1) is 13.1. The van der Waals surface area contributed by atoms with Gasteiger partial charge in [0, 0.05) is 19.2 Å². The number of hydrogen-bond donors (Lipinski definition) is 2. The highest BCUT2D eigenvalue weighted by atomic mass is 16.5. The van der Waals surface area contributed by atoms with Crippen molar-refractivity contribution in [3.8, 4) is 0 Å². The van der Waals surface area contributed by atoms with E-state index in [-0.39, 0.29) is 0 Å². The van der Waals surface area contributed by atoms with Crippen LogP contribution in [0.25, 0.3) is 0 Å². The van der Waals surface area contributed by atoms with Gasteiger partial charge in [0.15, 0.2) is 0 Å². The summed E-state index contributed by atoms with van der Waals surface area (Å²) in [5, 5.41) is 7.04. The van der Waals surface area contributed by atoms with Crippen molar-refractivity contribution in [1.29, 1.82) is 0 Å². The van der Waals surface area contributed by atoms with Gasteiger partial charge >= 0.3 is 0 Å². The second-order valence-electron chi connectivity index (χ2n) is 5.34. The lowest BCUT2D eigenvalue weighted by Crippen LogP contribution is -2.26. The van der Waals surface area contributed by atoms with E-state index in [2.05, 4.69) is 17.2 Å². The largest absolute Gasteiger partial charge is 0.381 e. The van der Waals surface area contributed by atoms with Crippen LogP contribution in [-0.2, 0) is 4.74 Å². The fourth-order valence-corrected chi connectivity index (χ4v) is 2.70. The zero-order valence-corrected chi connectivity index (χ0v) is 10.8. The van der Waals surface area contributed by atoms with Gasteiger partial charge < -0.3 is 15.4 Å². The molecule has 2 saturated heterocycles. The Labute approximate surface area is 105 Å². The topological polar surface area (TPSA) is 33.3 Å². The van der Waals surface area contributed by atoms with Gasteiger partial charge in [0.25, 0.3) is 0 Å². The molecule has 1 unspecified atom stereocenters. The summed E-state index contributed by atoms with van der Waals surface area (Å²) in [4.78, 5) is 0. The molecule has 2 aliphatic heterocycles. The van der Waals surface area contributed by atoms with Gasteiger partial charge in [-0.05, 0) is 51.1 Å². The van der Waals surface area contributed by atoms with Gasteiger partial charge in [-0.2, -0.15) is 0 Å². The van der Waals surface area contributed by atoms with Crippen molar-refractivity contribution in [2.75, 3.05) is 32.8 Å². The number of rotatable bonds is 7. The summed E-state index contributed by atoms with van der Waals surface area (Å²) in [5.74, 6) is 0.745. The van der Waals surface area contributed by atoms with Gasteiger partial charge in [0.1, 0.15) is 0 Å². The molecule has 98 valence electrons. The van der Waals surface area contributed by atoms with Crippen LogP contribution in [0.5, 0.6) is 0 Å². The smallest absolute Gasteiger partial charge is 0.0507 e. The predicted molar refractivity (Wildman–Crippen MR) is 71.2 cm³/mol. The van der Waals surface area contributed by atoms with Crippen LogP contribution in [0.15, 0.2) is 12.2 Å². The summed E-state index contributed by atoms with van der Waals surface area (Å²) in [6.07, 6.45) is 6.19. The molecule has 0 saturated carbocycles. The SMILES string of the molecule is C=C(CCCNCC1CCOC1)[C@@H]1CCCN1. The quantitative estimate of drug-likeness (QED) is 0.523. The van der Waals surface area contributed by atoms with E-state index in [0.29, 0.717) is 6.04 Å². The highest BCUT2D eigenvalue weighted by Gasteiger charge is 2.17. The molecule has 0 aromatic carbocycles. The third-order valence-corrected chi connectivity index (χ3v) is 3.86. The molecule has 3 nitrogen and oxygen atoms in total. The minimum Gasteiger partial charge on any atom is -0.381 e. The van der Waals surface area contributed by atoms with E-state index < -0.39 is 0 Å². The molecule has 3 heteroatoms. The maximum absolute atomic E-state index is 5.36. The molecule has 0 radical (unpaired) electrons. The van der Waals surface area contributed by atoms with Gasteiger partial charge in [-0.1, -0.05) is 12.2 Å². The lowest BCUT2D eigenvalue weighted by molar-refractivity contribution is 0.185. The summed E-state index contributed by atoms with van der Waals surface area (Å²) >= 11 is 0. The van der Waals surface area contributed by atoms with Crippen LogP contribution >= 0.6 is 0 Å². The van der Waals surface area contributed by atoms with E-state index >= 15 is 0 Å². The summed E-state index contributed by atoms with van der Waals surface area (Å²) in [6.45, 7) is 9.51. The zero-order chi connectivity index (χ0) is 11.9. The van der Waals surface area contributed by atoms with Crippen LogP contribution < -0.4 is 10.6 Å². The van der Waals surface area contributed by atoms with Crippen LogP contribution in [0, 0.1) is 5.92 Å². The molecule has 0 amide bonds. The van der Waals surface area contributed by atoms with E-state index in [0.717, 1.165) is 38.6 Å². The Balaban J connectivity index is 1.46. The van der Waals surface area contributed by atoms with E-state index in [1.54, 1.807) is 0 Å². The van der Waals surface area contributed by atoms with Gasteiger partial charge in [-0.3, -0.25) is 0 Å². The minimum absolute atomic E-state index is 0.596. The maximum Gasteiger partial charge on any atom is 0.0507 e. The van der Waals surface area contributed by atoms with Crippen LogP contribution in [0.1, 0.15) is 32.1 Å². The van der Waals surface area contributed by atoms with Crippen molar-refractivity contribution in [2.45, 2.75) is 38.1 Å². The van der Waals surface area contributed by atoms with E-state index in [1.165, 1.54) is 37.8 Å². The van der Waals surface area contributed by atoms with Crippen molar-refractivity contribution in [1.82, 2.24) is 10.6 Å². The van der Waals surface area contributed by atoms with Crippen molar-refractivity contribution in [2.24, 2.45) is 5.92 Å². The highest BCUT2D eigenvalue weighted by molar-refractivity contribution is 5.07. The van der Waals surface area contributed by atoms with E-state index in [9.17, 15) is 0 Å².